The van der Waals surface area contributed by atoms with Crippen LogP contribution in [0.15, 0.2) is 328 Å². The van der Waals surface area contributed by atoms with Crippen molar-refractivity contribution in [3.8, 4) is 55.6 Å². The third-order valence-electron chi connectivity index (χ3n) is 21.4. The summed E-state index contributed by atoms with van der Waals surface area (Å²) >= 11 is 0. The lowest BCUT2D eigenvalue weighted by Crippen LogP contribution is -2.26. The molecule has 0 amide bonds. The Labute approximate surface area is 556 Å². The van der Waals surface area contributed by atoms with Gasteiger partial charge in [-0.15, -0.1) is 0 Å². The lowest BCUT2D eigenvalue weighted by Gasteiger charge is -2.32. The van der Waals surface area contributed by atoms with Gasteiger partial charge in [0.25, 0.3) is 0 Å². The minimum atomic E-state index is -0.513. The molecule has 14 aromatic carbocycles. The molecule has 0 fully saturated rings. The topological polar surface area (TPSA) is 6.48 Å². The highest BCUT2D eigenvalue weighted by atomic mass is 15.1. The van der Waals surface area contributed by atoms with Gasteiger partial charge < -0.3 is 9.80 Å². The molecule has 14 aromatic rings. The summed E-state index contributed by atoms with van der Waals surface area (Å²) in [7, 11) is 0. The summed E-state index contributed by atoms with van der Waals surface area (Å²) < 4.78 is 0. The summed E-state index contributed by atoms with van der Waals surface area (Å²) in [6, 6.07) is 122. The van der Waals surface area contributed by atoms with Crippen molar-refractivity contribution in [1.82, 2.24) is 0 Å². The largest absolute Gasteiger partial charge is 0.310 e. The molecule has 2 heteroatoms. The van der Waals surface area contributed by atoms with Crippen molar-refractivity contribution in [2.24, 2.45) is 0 Å². The highest BCUT2D eigenvalue weighted by Crippen LogP contribution is 2.66. The summed E-state index contributed by atoms with van der Waals surface area (Å²) in [5, 5.41) is 0. The van der Waals surface area contributed by atoms with Crippen molar-refractivity contribution in [3.63, 3.8) is 0 Å². The van der Waals surface area contributed by atoms with Crippen LogP contribution in [0, 0.1) is 0 Å². The van der Waals surface area contributed by atoms with E-state index in [1.807, 2.05) is 0 Å². The Morgan fingerprint density at radius 1 is 0.189 bits per heavy atom. The first kappa shape index (κ1) is 54.9. The number of para-hydroxylation sites is 4. The van der Waals surface area contributed by atoms with Crippen LogP contribution in [0.2, 0.25) is 0 Å². The van der Waals surface area contributed by atoms with E-state index >= 15 is 0 Å². The van der Waals surface area contributed by atoms with Gasteiger partial charge in [-0.05, 0) is 218 Å². The highest BCUT2D eigenvalue weighted by molar-refractivity contribution is 6.00. The SMILES string of the molecule is CC1(C)c2cc(/C=C/c3ccc4c(c3)C3(c5ccccc5-c5ccccc53)c3cc(N(c5ccccc5)c5ccccc5)ccc3-4)ccc2-c2ccc(/C=C/c3ccc4c(c3)C3(c5ccccc5-c5ccccc53)c3cc(N(c5ccccc5)c5ccccc5)ccc3-4)cc21. The molecule has 0 radical (unpaired) electrons. The number of anilines is 6. The molecule has 0 atom stereocenters. The minimum absolute atomic E-state index is 0.215. The average molecular weight is 1210 g/mol. The van der Waals surface area contributed by atoms with Gasteiger partial charge in [0.05, 0.1) is 10.8 Å². The van der Waals surface area contributed by atoms with Crippen LogP contribution < -0.4 is 9.80 Å². The van der Waals surface area contributed by atoms with E-state index in [2.05, 4.69) is 376 Å². The highest BCUT2D eigenvalue weighted by Gasteiger charge is 2.54. The summed E-state index contributed by atoms with van der Waals surface area (Å²) in [6.07, 6.45) is 9.30. The average Bonchev–Trinajstić information content (AvgIpc) is 1.52. The fraction of sp³-hybridized carbons (Fsp3) is 0.0538. The second-order valence-corrected chi connectivity index (χ2v) is 26.7. The summed E-state index contributed by atoms with van der Waals surface area (Å²) in [5.41, 5.74) is 36.5. The van der Waals surface area contributed by atoms with E-state index in [0.717, 1.165) is 34.1 Å². The fourth-order valence-electron chi connectivity index (χ4n) is 17.3. The lowest BCUT2D eigenvalue weighted by atomic mass is 9.70. The first-order chi connectivity index (χ1) is 46.8. The number of hydrogen-bond donors (Lipinski definition) is 0. The van der Waals surface area contributed by atoms with Crippen LogP contribution >= 0.6 is 0 Å². The molecular weight excluding hydrogens is 1150 g/mol. The van der Waals surface area contributed by atoms with Crippen LogP contribution in [-0.4, -0.2) is 0 Å². The van der Waals surface area contributed by atoms with Gasteiger partial charge in [0.15, 0.2) is 0 Å². The van der Waals surface area contributed by atoms with Crippen molar-refractivity contribution in [3.05, 3.63) is 405 Å². The normalized spacial score (nSPS) is 14.4. The Morgan fingerprint density at radius 3 is 0.705 bits per heavy atom. The molecule has 0 aliphatic heterocycles. The lowest BCUT2D eigenvalue weighted by molar-refractivity contribution is 0.660. The molecule has 2 nitrogen and oxygen atoms in total. The standard InChI is InChI=1S/C93H64N2/c1-91(2)85-55-61(39-41-63-45-51-77-79-53-47-69(94(65-23-7-3-8-24-65)66-25-9-4-10-26-66)59-89(79)92(87(77)57-63)81-35-19-15-31-71(81)72-32-16-20-36-82(72)92)43-49-75(85)76-50-44-62(56-86(76)91)40-42-64-46-52-78-80-54-48-70(95(67-27-11-5-12-28-67)68-29-13-6-14-30-68)60-90(80)93(88(78)58-64)83-37-21-17-33-73(83)74-34-18-22-38-84(74)93/h3-60H,1-2H3/b41-39+,42-40+. The second kappa shape index (κ2) is 21.1. The molecule has 0 saturated carbocycles. The van der Waals surface area contributed by atoms with Gasteiger partial charge in [0.1, 0.15) is 0 Å². The molecule has 19 rings (SSSR count). The Bertz CT molecular complexity index is 5010. The molecule has 0 N–H and O–H groups in total. The molecule has 2 spiro atoms. The van der Waals surface area contributed by atoms with E-state index in [9.17, 15) is 0 Å². The fourth-order valence-corrected chi connectivity index (χ4v) is 17.3. The van der Waals surface area contributed by atoms with E-state index in [1.54, 1.807) is 0 Å². The van der Waals surface area contributed by atoms with Gasteiger partial charge in [-0.1, -0.05) is 281 Å². The van der Waals surface area contributed by atoms with Crippen molar-refractivity contribution in [2.45, 2.75) is 30.1 Å². The van der Waals surface area contributed by atoms with Gasteiger partial charge in [0, 0.05) is 39.5 Å². The van der Waals surface area contributed by atoms with Gasteiger partial charge in [-0.25, -0.2) is 0 Å². The van der Waals surface area contributed by atoms with E-state index in [0.29, 0.717) is 0 Å². The molecule has 5 aliphatic rings. The maximum absolute atomic E-state index is 2.48. The van der Waals surface area contributed by atoms with Gasteiger partial charge in [-0.2, -0.15) is 0 Å². The first-order valence-corrected chi connectivity index (χ1v) is 33.3. The first-order valence-electron chi connectivity index (χ1n) is 33.3. The smallest absolute Gasteiger partial charge is 0.0726 e. The monoisotopic (exact) mass is 1210 g/mol. The molecule has 5 aliphatic carbocycles. The Kier molecular flexibility index (Phi) is 12.2. The van der Waals surface area contributed by atoms with Gasteiger partial charge >= 0.3 is 0 Å². The molecule has 95 heavy (non-hydrogen) atoms. The maximum atomic E-state index is 2.48. The maximum Gasteiger partial charge on any atom is 0.0726 e. The zero-order chi connectivity index (χ0) is 63.0. The Balaban J connectivity index is 0.651. The molecule has 0 bridgehead atoms. The third kappa shape index (κ3) is 8.05. The number of hydrogen-bond acceptors (Lipinski definition) is 2. The van der Waals surface area contributed by atoms with E-state index in [-0.39, 0.29) is 5.41 Å². The van der Waals surface area contributed by atoms with Crippen LogP contribution in [0.1, 0.15) is 91.7 Å². The van der Waals surface area contributed by atoms with E-state index in [1.165, 1.54) is 134 Å². The number of benzene rings is 14. The van der Waals surface area contributed by atoms with Crippen LogP contribution in [0.5, 0.6) is 0 Å². The summed E-state index contributed by atoms with van der Waals surface area (Å²) in [5.74, 6) is 0. The molecule has 0 saturated heterocycles. The third-order valence-corrected chi connectivity index (χ3v) is 21.4. The van der Waals surface area contributed by atoms with Gasteiger partial charge in [0.2, 0.25) is 0 Å². The number of fused-ring (bicyclic) bond motifs is 23. The van der Waals surface area contributed by atoms with Crippen molar-refractivity contribution >= 4 is 58.4 Å². The minimum Gasteiger partial charge on any atom is -0.310 e. The number of nitrogens with zero attached hydrogens (tertiary/aromatic N) is 2. The quantitative estimate of drug-likeness (QED) is 0.126. The van der Waals surface area contributed by atoms with Crippen molar-refractivity contribution in [2.75, 3.05) is 9.80 Å². The molecule has 446 valence electrons. The Morgan fingerprint density at radius 2 is 0.411 bits per heavy atom. The zero-order valence-corrected chi connectivity index (χ0v) is 52.9. The summed E-state index contributed by atoms with van der Waals surface area (Å²) in [6.45, 7) is 4.80. The van der Waals surface area contributed by atoms with Gasteiger partial charge in [-0.3, -0.25) is 0 Å². The van der Waals surface area contributed by atoms with Crippen LogP contribution in [0.25, 0.3) is 79.9 Å². The predicted octanol–water partition coefficient (Wildman–Crippen LogP) is 24.0. The number of rotatable bonds is 10. The van der Waals surface area contributed by atoms with Crippen LogP contribution in [-0.2, 0) is 16.2 Å². The molecule has 0 heterocycles. The Hall–Kier alpha value is -11.8. The second-order valence-electron chi connectivity index (χ2n) is 26.7. The van der Waals surface area contributed by atoms with E-state index in [4.69, 9.17) is 0 Å². The molecule has 0 aromatic heterocycles. The van der Waals surface area contributed by atoms with Crippen molar-refractivity contribution in [1.29, 1.82) is 0 Å². The summed E-state index contributed by atoms with van der Waals surface area (Å²) in [4.78, 5) is 4.79. The zero-order valence-electron chi connectivity index (χ0n) is 52.9. The molecule has 0 unspecified atom stereocenters. The van der Waals surface area contributed by atoms with Crippen LogP contribution in [0.4, 0.5) is 34.1 Å². The van der Waals surface area contributed by atoms with Crippen molar-refractivity contribution < 1.29 is 0 Å². The van der Waals surface area contributed by atoms with E-state index < -0.39 is 10.8 Å². The van der Waals surface area contributed by atoms with Crippen LogP contribution in [0.3, 0.4) is 0 Å². The molecular formula is C93H64N2. The predicted molar refractivity (Wildman–Crippen MR) is 397 cm³/mol.